The van der Waals surface area contributed by atoms with Gasteiger partial charge in [0.25, 0.3) is 0 Å². The molecule has 1 aromatic heterocycles. The van der Waals surface area contributed by atoms with Gasteiger partial charge in [0.2, 0.25) is 0 Å². The summed E-state index contributed by atoms with van der Waals surface area (Å²) in [5.74, 6) is 0.705. The molecule has 1 atom stereocenters. The Morgan fingerprint density at radius 1 is 1.33 bits per heavy atom. The fourth-order valence-electron chi connectivity index (χ4n) is 1.36. The Labute approximate surface area is 90.3 Å². The fraction of sp³-hybridized carbons (Fsp3) is 0.636. The lowest BCUT2D eigenvalue weighted by Crippen LogP contribution is -2.08. The van der Waals surface area contributed by atoms with Crippen LogP contribution in [0, 0.1) is 0 Å². The Balaban J connectivity index is 2.72. The maximum absolute atomic E-state index is 8.86. The first-order valence-corrected chi connectivity index (χ1v) is 5.35. The molecule has 0 aromatic carbocycles. The van der Waals surface area contributed by atoms with Crippen LogP contribution in [0.25, 0.3) is 0 Å². The molecule has 1 rings (SSSR count). The molecule has 1 aromatic rings. The lowest BCUT2D eigenvalue weighted by molar-refractivity contribution is 0.0493. The Hall–Kier alpha value is -1.00. The number of nitrogens with zero attached hydrogens (tertiary/aromatic N) is 2. The van der Waals surface area contributed by atoms with Gasteiger partial charge in [0.15, 0.2) is 5.82 Å². The van der Waals surface area contributed by atoms with Crippen LogP contribution in [0.3, 0.4) is 0 Å². The van der Waals surface area contributed by atoms with Gasteiger partial charge in [-0.05, 0) is 13.3 Å². The molecule has 1 heterocycles. The molecule has 0 fully saturated rings. The lowest BCUT2D eigenvalue weighted by Gasteiger charge is -2.14. The number of ether oxygens (including phenoxy) is 1. The maximum atomic E-state index is 8.86. The molecular weight excluding hydrogens is 192 g/mol. The third-order valence-corrected chi connectivity index (χ3v) is 2.11. The zero-order valence-corrected chi connectivity index (χ0v) is 9.31. The topological polar surface area (TPSA) is 55.2 Å². The first-order valence-electron chi connectivity index (χ1n) is 5.35. The van der Waals surface area contributed by atoms with Gasteiger partial charge in [-0.2, -0.15) is 0 Å². The van der Waals surface area contributed by atoms with Crippen molar-refractivity contribution < 1.29 is 9.84 Å². The summed E-state index contributed by atoms with van der Waals surface area (Å²) in [5.41, 5.74) is 0.727. The van der Waals surface area contributed by atoms with Crippen molar-refractivity contribution in [1.82, 2.24) is 9.97 Å². The summed E-state index contributed by atoms with van der Waals surface area (Å²) in [6.45, 7) is 4.71. The van der Waals surface area contributed by atoms with Crippen LogP contribution in [-0.4, -0.2) is 21.7 Å². The summed E-state index contributed by atoms with van der Waals surface area (Å²) in [5, 5.41) is 8.86. The van der Waals surface area contributed by atoms with Gasteiger partial charge >= 0.3 is 0 Å². The molecule has 4 heteroatoms. The van der Waals surface area contributed by atoms with E-state index in [1.807, 2.05) is 6.92 Å². The Kier molecular flexibility index (Phi) is 5.21. The third kappa shape index (κ3) is 3.57. The molecule has 15 heavy (non-hydrogen) atoms. The van der Waals surface area contributed by atoms with E-state index >= 15 is 0 Å². The molecule has 0 spiro atoms. The fourth-order valence-corrected chi connectivity index (χ4v) is 1.36. The van der Waals surface area contributed by atoms with E-state index < -0.39 is 0 Å². The highest BCUT2D eigenvalue weighted by atomic mass is 16.5. The molecule has 0 radical (unpaired) electrons. The molecule has 0 saturated heterocycles. The molecule has 0 bridgehead atoms. The summed E-state index contributed by atoms with van der Waals surface area (Å²) >= 11 is 0. The largest absolute Gasteiger partial charge is 0.392 e. The summed E-state index contributed by atoms with van der Waals surface area (Å²) < 4.78 is 5.55. The summed E-state index contributed by atoms with van der Waals surface area (Å²) in [6, 6.07) is 0. The molecule has 0 aliphatic carbocycles. The molecule has 0 saturated carbocycles. The summed E-state index contributed by atoms with van der Waals surface area (Å²) in [4.78, 5) is 8.38. The number of hydrogen-bond donors (Lipinski definition) is 1. The average molecular weight is 210 g/mol. The molecule has 0 amide bonds. The Morgan fingerprint density at radius 2 is 2.00 bits per heavy atom. The normalized spacial score (nSPS) is 12.7. The van der Waals surface area contributed by atoms with Gasteiger partial charge in [0, 0.05) is 24.6 Å². The smallest absolute Gasteiger partial charge is 0.157 e. The van der Waals surface area contributed by atoms with Crippen LogP contribution in [0.15, 0.2) is 12.4 Å². The number of aromatic nitrogens is 2. The minimum atomic E-state index is -0.0206. The highest BCUT2D eigenvalue weighted by molar-refractivity contribution is 5.04. The SMILES string of the molecule is CCCC(OCC)c1ncc(CO)cn1. The van der Waals surface area contributed by atoms with Gasteiger partial charge in [0.05, 0.1) is 6.61 Å². The second-order valence-corrected chi connectivity index (χ2v) is 3.34. The minimum Gasteiger partial charge on any atom is -0.392 e. The minimum absolute atomic E-state index is 0.0205. The lowest BCUT2D eigenvalue weighted by atomic mass is 10.2. The van der Waals surface area contributed by atoms with Gasteiger partial charge < -0.3 is 9.84 Å². The van der Waals surface area contributed by atoms with E-state index in [4.69, 9.17) is 9.84 Å². The van der Waals surface area contributed by atoms with E-state index in [9.17, 15) is 0 Å². The van der Waals surface area contributed by atoms with Crippen molar-refractivity contribution in [3.63, 3.8) is 0 Å². The number of hydrogen-bond acceptors (Lipinski definition) is 4. The van der Waals surface area contributed by atoms with Gasteiger partial charge in [0.1, 0.15) is 6.10 Å². The van der Waals surface area contributed by atoms with Crippen LogP contribution < -0.4 is 0 Å². The zero-order valence-electron chi connectivity index (χ0n) is 9.31. The summed E-state index contributed by atoms with van der Waals surface area (Å²) in [7, 11) is 0. The van der Waals surface area contributed by atoms with Gasteiger partial charge in [-0.1, -0.05) is 13.3 Å². The predicted octanol–water partition coefficient (Wildman–Crippen LogP) is 1.85. The Morgan fingerprint density at radius 3 is 2.47 bits per heavy atom. The second-order valence-electron chi connectivity index (χ2n) is 3.34. The predicted molar refractivity (Wildman–Crippen MR) is 57.2 cm³/mol. The molecular formula is C11H18N2O2. The highest BCUT2D eigenvalue weighted by Gasteiger charge is 2.12. The average Bonchev–Trinajstić information content (AvgIpc) is 2.29. The van der Waals surface area contributed by atoms with E-state index in [-0.39, 0.29) is 12.7 Å². The van der Waals surface area contributed by atoms with Crippen LogP contribution in [0.2, 0.25) is 0 Å². The maximum Gasteiger partial charge on any atom is 0.157 e. The van der Waals surface area contributed by atoms with Crippen molar-refractivity contribution in [2.75, 3.05) is 6.61 Å². The van der Waals surface area contributed by atoms with Crippen LogP contribution in [0.1, 0.15) is 44.2 Å². The van der Waals surface area contributed by atoms with Gasteiger partial charge in [-0.25, -0.2) is 9.97 Å². The van der Waals surface area contributed by atoms with Crippen LogP contribution in [-0.2, 0) is 11.3 Å². The first kappa shape index (κ1) is 12.1. The van der Waals surface area contributed by atoms with Crippen molar-refractivity contribution >= 4 is 0 Å². The second kappa shape index (κ2) is 6.48. The van der Waals surface area contributed by atoms with E-state index in [2.05, 4.69) is 16.9 Å². The number of aliphatic hydroxyl groups is 1. The van der Waals surface area contributed by atoms with Gasteiger partial charge in [-0.3, -0.25) is 0 Å². The quantitative estimate of drug-likeness (QED) is 0.778. The van der Waals surface area contributed by atoms with Crippen molar-refractivity contribution in [2.24, 2.45) is 0 Å². The number of rotatable bonds is 6. The molecule has 0 aliphatic rings. The van der Waals surface area contributed by atoms with Crippen molar-refractivity contribution in [3.8, 4) is 0 Å². The van der Waals surface area contributed by atoms with E-state index in [0.29, 0.717) is 12.4 Å². The van der Waals surface area contributed by atoms with E-state index in [1.165, 1.54) is 0 Å². The number of aliphatic hydroxyl groups excluding tert-OH is 1. The highest BCUT2D eigenvalue weighted by Crippen LogP contribution is 2.18. The molecule has 1 N–H and O–H groups in total. The summed E-state index contributed by atoms with van der Waals surface area (Å²) in [6.07, 6.45) is 5.23. The first-order chi connectivity index (χ1) is 7.31. The van der Waals surface area contributed by atoms with Crippen molar-refractivity contribution in [1.29, 1.82) is 0 Å². The Bertz CT molecular complexity index is 268. The molecule has 0 aliphatic heterocycles. The van der Waals surface area contributed by atoms with Crippen LogP contribution in [0.4, 0.5) is 0 Å². The van der Waals surface area contributed by atoms with E-state index in [1.54, 1.807) is 12.4 Å². The molecule has 1 unspecified atom stereocenters. The van der Waals surface area contributed by atoms with E-state index in [0.717, 1.165) is 18.4 Å². The molecule has 84 valence electrons. The standard InChI is InChI=1S/C11H18N2O2/c1-3-5-10(15-4-2)11-12-6-9(8-14)7-13-11/h6-7,10,14H,3-5,8H2,1-2H3. The van der Waals surface area contributed by atoms with Crippen molar-refractivity contribution in [3.05, 3.63) is 23.8 Å². The van der Waals surface area contributed by atoms with Crippen molar-refractivity contribution in [2.45, 2.75) is 39.4 Å². The molecule has 4 nitrogen and oxygen atoms in total. The van der Waals surface area contributed by atoms with Gasteiger partial charge in [-0.15, -0.1) is 0 Å². The zero-order chi connectivity index (χ0) is 11.1. The monoisotopic (exact) mass is 210 g/mol. The van der Waals surface area contributed by atoms with Crippen LogP contribution in [0.5, 0.6) is 0 Å². The third-order valence-electron chi connectivity index (χ3n) is 2.11. The van der Waals surface area contributed by atoms with Crippen LogP contribution >= 0.6 is 0 Å².